The fourth-order valence-corrected chi connectivity index (χ4v) is 6.91. The van der Waals surface area contributed by atoms with Gasteiger partial charge in [0.25, 0.3) is 30.4 Å². The van der Waals surface area contributed by atoms with Gasteiger partial charge in [-0.25, -0.2) is 0 Å². The molecule has 6 rings (SSSR count). The molecule has 0 saturated carbocycles. The van der Waals surface area contributed by atoms with Crippen molar-refractivity contribution in [2.24, 2.45) is 15.2 Å². The predicted octanol–water partition coefficient (Wildman–Crippen LogP) is 5.34. The van der Waals surface area contributed by atoms with Crippen LogP contribution in [0.25, 0.3) is 21.5 Å². The summed E-state index contributed by atoms with van der Waals surface area (Å²) in [6, 6.07) is 17.2. The summed E-state index contributed by atoms with van der Waals surface area (Å²) in [6.07, 6.45) is 4.81. The number of hydrogen-bond acceptors (Lipinski definition) is 12. The third-order valence-electron chi connectivity index (χ3n) is 7.47. The van der Waals surface area contributed by atoms with Gasteiger partial charge in [0.15, 0.2) is 11.4 Å². The number of phenols is 1. The van der Waals surface area contributed by atoms with E-state index >= 15 is 0 Å². The first-order valence-corrected chi connectivity index (χ1v) is 17.9. The van der Waals surface area contributed by atoms with Crippen molar-refractivity contribution in [3.8, 4) is 5.75 Å². The minimum absolute atomic E-state index is 0.0359. The molecule has 0 radical (unpaired) electrons. The summed E-state index contributed by atoms with van der Waals surface area (Å²) in [7, 11) is -14.1. The predicted molar refractivity (Wildman–Crippen MR) is 177 cm³/mol. The Hall–Kier alpha value is -5.24. The van der Waals surface area contributed by atoms with Crippen molar-refractivity contribution in [1.82, 2.24) is 0 Å². The molecule has 0 bridgehead atoms. The molecule has 18 heteroatoms. The molecule has 7 N–H and O–H groups in total. The number of aliphatic imine (C=N–C) groups is 1. The summed E-state index contributed by atoms with van der Waals surface area (Å²) in [5.74, 6) is -0.649. The molecule has 1 heterocycles. The number of phenolic OH excluding ortho intramolecular Hbond substituents is 1. The first kappa shape index (κ1) is 32.7. The van der Waals surface area contributed by atoms with Crippen LogP contribution in [0.4, 0.5) is 22.7 Å². The van der Waals surface area contributed by atoms with Crippen molar-refractivity contribution in [2.45, 2.75) is 20.3 Å². The van der Waals surface area contributed by atoms with Crippen LogP contribution in [0.5, 0.6) is 5.75 Å². The zero-order valence-electron chi connectivity index (χ0n) is 24.1. The van der Waals surface area contributed by atoms with Crippen molar-refractivity contribution in [2.75, 3.05) is 11.1 Å². The second-order valence-electron chi connectivity index (χ2n) is 10.6. The van der Waals surface area contributed by atoms with Crippen molar-refractivity contribution >= 4 is 80.9 Å². The minimum Gasteiger partial charge on any atom is -0.505 e. The third kappa shape index (κ3) is 6.10. The van der Waals surface area contributed by atoms with E-state index in [1.54, 1.807) is 18.2 Å². The summed E-state index contributed by atoms with van der Waals surface area (Å²) >= 11 is 0. The summed E-state index contributed by atoms with van der Waals surface area (Å²) in [6.45, 7) is 0. The van der Waals surface area contributed by atoms with Gasteiger partial charge in [-0.05, 0) is 83.6 Å². The highest BCUT2D eigenvalue weighted by atomic mass is 32.2. The van der Waals surface area contributed by atoms with Crippen LogP contribution in [0, 0.1) is 0 Å². The highest BCUT2D eigenvalue weighted by molar-refractivity contribution is 7.86. The Balaban J connectivity index is 1.54. The van der Waals surface area contributed by atoms with Crippen LogP contribution in [0.2, 0.25) is 0 Å². The monoisotopic (exact) mass is 709 g/mol. The number of nitrogens with two attached hydrogens (primary N) is 1. The molecule has 1 atom stereocenters. The Morgan fingerprint density at radius 1 is 0.708 bits per heavy atom. The van der Waals surface area contributed by atoms with Crippen molar-refractivity contribution in [3.05, 3.63) is 96.6 Å². The van der Waals surface area contributed by atoms with Gasteiger partial charge in [0.1, 0.15) is 10.6 Å². The molecule has 1 aliphatic rings. The quantitative estimate of drug-likeness (QED) is 0.0678. The molecule has 5 aromatic carbocycles. The molecular weight excluding hydrogens is 687 g/mol. The number of hydrogen-bond donors (Lipinski definition) is 6. The lowest BCUT2D eigenvalue weighted by Crippen LogP contribution is -2.30. The maximum absolute atomic E-state index is 12.3. The first-order chi connectivity index (χ1) is 22.5. The summed E-state index contributed by atoms with van der Waals surface area (Å²) in [5, 5.41) is 23.1. The van der Waals surface area contributed by atoms with Crippen LogP contribution in [0.15, 0.2) is 121 Å². The fraction of sp³-hybridized carbons (Fsp3) is 0.0333. The molecule has 0 aromatic heterocycles. The average molecular weight is 710 g/mol. The van der Waals surface area contributed by atoms with Crippen LogP contribution in [-0.2, 0) is 36.0 Å². The number of rotatable bonds is 8. The zero-order valence-corrected chi connectivity index (χ0v) is 26.6. The van der Waals surface area contributed by atoms with Crippen molar-refractivity contribution < 1.29 is 44.0 Å². The Bertz CT molecular complexity index is 2570. The van der Waals surface area contributed by atoms with E-state index in [0.29, 0.717) is 16.6 Å². The lowest BCUT2D eigenvalue weighted by Gasteiger charge is -2.29. The first-order valence-electron chi connectivity index (χ1n) is 13.5. The van der Waals surface area contributed by atoms with E-state index in [1.807, 2.05) is 0 Å². The summed E-state index contributed by atoms with van der Waals surface area (Å²) < 4.78 is 101. The highest BCUT2D eigenvalue weighted by Crippen LogP contribution is 2.44. The lowest BCUT2D eigenvalue weighted by atomic mass is 9.92. The number of aromatic hydroxyl groups is 1. The number of nitrogens with one attached hydrogen (secondary N) is 1. The van der Waals surface area contributed by atoms with Gasteiger partial charge in [0.05, 0.1) is 15.5 Å². The molecule has 15 nitrogen and oxygen atoms in total. The molecule has 0 aliphatic carbocycles. The Morgan fingerprint density at radius 3 is 2.02 bits per heavy atom. The highest BCUT2D eigenvalue weighted by Gasteiger charge is 2.33. The Morgan fingerprint density at radius 2 is 1.40 bits per heavy atom. The maximum Gasteiger partial charge on any atom is 0.296 e. The van der Waals surface area contributed by atoms with Gasteiger partial charge in [-0.3, -0.25) is 18.7 Å². The lowest BCUT2D eigenvalue weighted by molar-refractivity contribution is 0.472. The number of nitrogens with zero attached hydrogens (tertiary/aromatic N) is 3. The molecule has 1 aliphatic heterocycles. The summed E-state index contributed by atoms with van der Waals surface area (Å²) in [4.78, 5) is 2.97. The van der Waals surface area contributed by atoms with Crippen molar-refractivity contribution in [1.29, 1.82) is 0 Å². The molecule has 1 unspecified atom stereocenters. The number of nitrogen functional groups attached to an aromatic ring is 1. The van der Waals surface area contributed by atoms with E-state index in [0.717, 1.165) is 18.2 Å². The second-order valence-corrected chi connectivity index (χ2v) is 14.8. The van der Waals surface area contributed by atoms with Crippen LogP contribution in [0.3, 0.4) is 0 Å². The van der Waals surface area contributed by atoms with E-state index in [-0.39, 0.29) is 32.4 Å². The van der Waals surface area contributed by atoms with E-state index in [9.17, 15) is 44.0 Å². The largest absolute Gasteiger partial charge is 0.505 e. The molecule has 0 spiro atoms. The van der Waals surface area contributed by atoms with Crippen LogP contribution < -0.4 is 11.1 Å². The number of fused-ring (bicyclic) bond motifs is 2. The van der Waals surface area contributed by atoms with E-state index in [4.69, 9.17) is 5.73 Å². The molecule has 5 aromatic rings. The molecule has 48 heavy (non-hydrogen) atoms. The van der Waals surface area contributed by atoms with Gasteiger partial charge in [-0.15, -0.1) is 10.2 Å². The number of azo groups is 1. The van der Waals surface area contributed by atoms with Crippen LogP contribution in [-0.4, -0.2) is 50.2 Å². The van der Waals surface area contributed by atoms with Gasteiger partial charge in [-0.2, -0.15) is 25.3 Å². The van der Waals surface area contributed by atoms with Gasteiger partial charge in [0, 0.05) is 33.9 Å². The number of allylic oxidation sites excluding steroid dienone is 1. The van der Waals surface area contributed by atoms with Gasteiger partial charge >= 0.3 is 0 Å². The Labute approximate surface area is 273 Å². The molecular formula is C30H23N5O10S3. The normalized spacial score (nSPS) is 16.7. The van der Waals surface area contributed by atoms with Crippen LogP contribution in [0.1, 0.15) is 5.56 Å². The van der Waals surface area contributed by atoms with Gasteiger partial charge < -0.3 is 16.2 Å². The smallest absolute Gasteiger partial charge is 0.296 e. The van der Waals surface area contributed by atoms with E-state index < -0.39 is 57.2 Å². The average Bonchev–Trinajstić information content (AvgIpc) is 3.48. The second kappa shape index (κ2) is 11.5. The summed E-state index contributed by atoms with van der Waals surface area (Å²) in [5.41, 5.74) is 4.93. The zero-order chi connectivity index (χ0) is 34.6. The molecule has 0 saturated heterocycles. The number of benzene rings is 5. The fourth-order valence-electron chi connectivity index (χ4n) is 5.26. The van der Waals surface area contributed by atoms with Gasteiger partial charge in [-0.1, -0.05) is 18.2 Å². The Kier molecular flexibility index (Phi) is 7.81. The van der Waals surface area contributed by atoms with Gasteiger partial charge in [0.2, 0.25) is 0 Å². The molecule has 0 amide bonds. The maximum atomic E-state index is 12.3. The van der Waals surface area contributed by atoms with E-state index in [1.165, 1.54) is 60.8 Å². The molecule has 0 fully saturated rings. The molecule has 246 valence electrons. The third-order valence-corrected chi connectivity index (χ3v) is 10.1. The standard InChI is InChI=1S/C30H23N5O10S3/c31-18-3-2-17-14-27(48(43,44)45)28(29(36)23(17)15-18)35-34-26-11-10-25(22-9-8-21(16-24(22)26)47(40,41)42)30(12-1-13-32-30)33-19-4-6-20(7-5-19)46(37,38)39/h1-16,33,36H,31H2,(H,37,38,39)(H,40,41,42)(H,43,44,45). The topological polar surface area (TPSA) is 258 Å². The SMILES string of the molecule is Nc1ccc2cc(S(=O)(=O)O)c(N=Nc3ccc(C4(Nc5ccc(S(=O)(=O)O)cc5)C=CC=N4)c4ccc(S(=O)(=O)O)cc34)c(O)c2c1. The number of anilines is 2. The van der Waals surface area contributed by atoms with E-state index in [2.05, 4.69) is 20.5 Å². The van der Waals surface area contributed by atoms with Crippen LogP contribution >= 0.6 is 0 Å². The van der Waals surface area contributed by atoms with Crippen molar-refractivity contribution in [3.63, 3.8) is 0 Å². The minimum atomic E-state index is -4.93.